The lowest BCUT2D eigenvalue weighted by Gasteiger charge is -1.91. The van der Waals surface area contributed by atoms with E-state index in [4.69, 9.17) is 0 Å². The molecule has 0 spiro atoms. The van der Waals surface area contributed by atoms with Crippen LogP contribution in [0.2, 0.25) is 0 Å². The maximum Gasteiger partial charge on any atom is 0.307 e. The molecule has 1 aromatic rings. The van der Waals surface area contributed by atoms with Gasteiger partial charge < -0.3 is 9.47 Å². The molecule has 1 aliphatic heterocycles. The summed E-state index contributed by atoms with van der Waals surface area (Å²) in [4.78, 5) is 10.4. The van der Waals surface area contributed by atoms with Gasteiger partial charge in [0.2, 0.25) is 0 Å². The molecule has 0 N–H and O–H groups in total. The van der Waals surface area contributed by atoms with E-state index in [0.717, 1.165) is 18.8 Å². The van der Waals surface area contributed by atoms with Crippen molar-refractivity contribution < 1.29 is 14.3 Å². The van der Waals surface area contributed by atoms with Crippen LogP contribution < -0.4 is 0 Å². The van der Waals surface area contributed by atoms with Gasteiger partial charge in [-0.15, -0.1) is 0 Å². The molecule has 0 amide bonds. The average Bonchev–Trinajstić information content (AvgIpc) is 3.05. The molecule has 3 nitrogen and oxygen atoms in total. The molecule has 1 fully saturated rings. The fourth-order valence-corrected chi connectivity index (χ4v) is 0.773. The summed E-state index contributed by atoms with van der Waals surface area (Å²) in [7, 11) is 0. The molecular weight excluding hydrogens is 192 g/mol. The van der Waals surface area contributed by atoms with Crippen LogP contribution in [-0.2, 0) is 14.3 Å². The van der Waals surface area contributed by atoms with Crippen molar-refractivity contribution >= 4 is 12.0 Å². The van der Waals surface area contributed by atoms with E-state index in [0.29, 0.717) is 0 Å². The predicted molar refractivity (Wildman–Crippen MR) is 58.1 cm³/mol. The summed E-state index contributed by atoms with van der Waals surface area (Å²) in [5, 5.41) is 0. The molecule has 15 heavy (non-hydrogen) atoms. The van der Waals surface area contributed by atoms with Gasteiger partial charge in [0.15, 0.2) is 0 Å². The second-order valence-corrected chi connectivity index (χ2v) is 2.94. The van der Waals surface area contributed by atoms with Gasteiger partial charge in [0.25, 0.3) is 0 Å². The van der Waals surface area contributed by atoms with Gasteiger partial charge in [0.1, 0.15) is 0 Å². The van der Waals surface area contributed by atoms with Gasteiger partial charge in [0.05, 0.1) is 19.5 Å². The highest BCUT2D eigenvalue weighted by molar-refractivity contribution is 5.67. The standard InChI is InChI=1S/C10H10O2.C2H4O/c1-9(11)12-8-7-10-5-3-2-4-6-10;1-2-3-1/h2-8H,1H3;1-2H2. The maximum absolute atomic E-state index is 10.4. The first kappa shape index (κ1) is 11.5. The maximum atomic E-state index is 10.4. The molecular formula is C12H14O3. The van der Waals surface area contributed by atoms with Crippen LogP contribution in [0.3, 0.4) is 0 Å². The molecule has 0 aliphatic carbocycles. The first-order chi connectivity index (χ1) is 7.29. The van der Waals surface area contributed by atoms with Crippen LogP contribution in [0, 0.1) is 0 Å². The van der Waals surface area contributed by atoms with Crippen molar-refractivity contribution in [1.29, 1.82) is 0 Å². The molecule has 0 aromatic heterocycles. The molecule has 80 valence electrons. The van der Waals surface area contributed by atoms with Gasteiger partial charge in [-0.1, -0.05) is 30.3 Å². The lowest BCUT2D eigenvalue weighted by molar-refractivity contribution is -0.135. The Kier molecular flexibility index (Phi) is 5.19. The van der Waals surface area contributed by atoms with Crippen molar-refractivity contribution in [3.63, 3.8) is 0 Å². The summed E-state index contributed by atoms with van der Waals surface area (Å²) >= 11 is 0. The van der Waals surface area contributed by atoms with E-state index in [1.165, 1.54) is 13.2 Å². The van der Waals surface area contributed by atoms with Crippen LogP contribution in [0.5, 0.6) is 0 Å². The quantitative estimate of drug-likeness (QED) is 0.423. The van der Waals surface area contributed by atoms with Crippen molar-refractivity contribution in [2.75, 3.05) is 13.2 Å². The Morgan fingerprint density at radius 2 is 1.93 bits per heavy atom. The second kappa shape index (κ2) is 6.79. The number of rotatable bonds is 2. The number of epoxide rings is 1. The Hall–Kier alpha value is -1.61. The Morgan fingerprint density at radius 3 is 2.40 bits per heavy atom. The predicted octanol–water partition coefficient (Wildman–Crippen LogP) is 2.24. The van der Waals surface area contributed by atoms with E-state index in [9.17, 15) is 4.79 Å². The minimum Gasteiger partial charge on any atom is -0.435 e. The number of hydrogen-bond acceptors (Lipinski definition) is 3. The van der Waals surface area contributed by atoms with Gasteiger partial charge in [-0.2, -0.15) is 0 Å². The summed E-state index contributed by atoms with van der Waals surface area (Å²) in [5.74, 6) is -0.304. The van der Waals surface area contributed by atoms with Crippen molar-refractivity contribution in [3.8, 4) is 0 Å². The van der Waals surface area contributed by atoms with Gasteiger partial charge in [-0.05, 0) is 11.6 Å². The third-order valence-corrected chi connectivity index (χ3v) is 1.50. The normalized spacial score (nSPS) is 12.9. The van der Waals surface area contributed by atoms with E-state index < -0.39 is 0 Å². The third-order valence-electron chi connectivity index (χ3n) is 1.50. The monoisotopic (exact) mass is 206 g/mol. The number of ether oxygens (including phenoxy) is 2. The van der Waals surface area contributed by atoms with E-state index in [1.807, 2.05) is 30.3 Å². The molecule has 1 heterocycles. The molecule has 0 unspecified atom stereocenters. The van der Waals surface area contributed by atoms with E-state index in [1.54, 1.807) is 6.08 Å². The van der Waals surface area contributed by atoms with Crippen LogP contribution in [0.1, 0.15) is 12.5 Å². The Balaban J connectivity index is 0.000000319. The smallest absolute Gasteiger partial charge is 0.307 e. The molecule has 1 aromatic carbocycles. The molecule has 0 atom stereocenters. The molecule has 1 aliphatic rings. The molecule has 0 radical (unpaired) electrons. The number of carbonyl (C=O) groups is 1. The van der Waals surface area contributed by atoms with Gasteiger partial charge >= 0.3 is 5.97 Å². The fraction of sp³-hybridized carbons (Fsp3) is 0.250. The Labute approximate surface area is 89.3 Å². The van der Waals surface area contributed by atoms with Gasteiger partial charge in [-0.25, -0.2) is 0 Å². The minimum absolute atomic E-state index is 0.304. The lowest BCUT2D eigenvalue weighted by atomic mass is 10.2. The molecule has 0 bridgehead atoms. The lowest BCUT2D eigenvalue weighted by Crippen LogP contribution is -1.88. The summed E-state index contributed by atoms with van der Waals surface area (Å²) in [6.07, 6.45) is 3.12. The van der Waals surface area contributed by atoms with E-state index >= 15 is 0 Å². The Bertz CT molecular complexity index is 312. The molecule has 3 heteroatoms. The number of benzene rings is 1. The number of esters is 1. The summed E-state index contributed by atoms with van der Waals surface area (Å²) in [6, 6.07) is 9.64. The van der Waals surface area contributed by atoms with Crippen LogP contribution in [0.25, 0.3) is 6.08 Å². The zero-order chi connectivity index (χ0) is 10.9. The zero-order valence-corrected chi connectivity index (χ0v) is 8.68. The average molecular weight is 206 g/mol. The van der Waals surface area contributed by atoms with Crippen LogP contribution in [0.15, 0.2) is 36.6 Å². The number of hydrogen-bond donors (Lipinski definition) is 0. The zero-order valence-electron chi connectivity index (χ0n) is 8.68. The third kappa shape index (κ3) is 7.46. The van der Waals surface area contributed by atoms with E-state index in [2.05, 4.69) is 9.47 Å². The van der Waals surface area contributed by atoms with Crippen molar-refractivity contribution in [2.45, 2.75) is 6.92 Å². The second-order valence-electron chi connectivity index (χ2n) is 2.94. The molecule has 0 saturated carbocycles. The first-order valence-corrected chi connectivity index (χ1v) is 4.75. The summed E-state index contributed by atoms with van der Waals surface area (Å²) in [5.41, 5.74) is 1.01. The SMILES string of the molecule is C1CO1.CC(=O)OC=Cc1ccccc1. The largest absolute Gasteiger partial charge is 0.435 e. The highest BCUT2D eigenvalue weighted by atomic mass is 16.6. The van der Waals surface area contributed by atoms with Crippen LogP contribution in [-0.4, -0.2) is 19.2 Å². The first-order valence-electron chi connectivity index (χ1n) is 4.75. The molecule has 2 rings (SSSR count). The van der Waals surface area contributed by atoms with Crippen molar-refractivity contribution in [1.82, 2.24) is 0 Å². The highest BCUT2D eigenvalue weighted by Crippen LogP contribution is 2.00. The van der Waals surface area contributed by atoms with Gasteiger partial charge in [0, 0.05) is 6.92 Å². The molecule has 1 saturated heterocycles. The van der Waals surface area contributed by atoms with Crippen LogP contribution >= 0.6 is 0 Å². The van der Waals surface area contributed by atoms with Crippen LogP contribution in [0.4, 0.5) is 0 Å². The minimum atomic E-state index is -0.304. The summed E-state index contributed by atoms with van der Waals surface area (Å²) < 4.78 is 9.13. The van der Waals surface area contributed by atoms with Crippen molar-refractivity contribution in [2.24, 2.45) is 0 Å². The van der Waals surface area contributed by atoms with Gasteiger partial charge in [-0.3, -0.25) is 4.79 Å². The topological polar surface area (TPSA) is 38.8 Å². The highest BCUT2D eigenvalue weighted by Gasteiger charge is 1.94. The van der Waals surface area contributed by atoms with E-state index in [-0.39, 0.29) is 5.97 Å². The Morgan fingerprint density at radius 1 is 1.33 bits per heavy atom. The van der Waals surface area contributed by atoms with Crippen molar-refractivity contribution in [3.05, 3.63) is 42.2 Å². The number of carbonyl (C=O) groups excluding carboxylic acids is 1. The fourth-order valence-electron chi connectivity index (χ4n) is 0.773. The summed E-state index contributed by atoms with van der Waals surface area (Å²) in [6.45, 7) is 3.37.